The lowest BCUT2D eigenvalue weighted by Gasteiger charge is -1.91. The maximum Gasteiger partial charge on any atom is 0.248 e. The summed E-state index contributed by atoms with van der Waals surface area (Å²) in [7, 11) is 0. The van der Waals surface area contributed by atoms with Gasteiger partial charge in [-0.05, 0) is 24.3 Å². The lowest BCUT2D eigenvalue weighted by Crippen LogP contribution is -1.97. The van der Waals surface area contributed by atoms with Crippen molar-refractivity contribution in [2.75, 3.05) is 0 Å². The second-order valence-corrected chi connectivity index (χ2v) is 3.31. The first-order valence-corrected chi connectivity index (χ1v) is 4.37. The number of benzene rings is 1. The molecule has 0 aliphatic carbocycles. The minimum atomic E-state index is -0.306. The first kappa shape index (κ1) is 8.97. The van der Waals surface area contributed by atoms with Crippen molar-refractivity contribution in [3.63, 3.8) is 0 Å². The third kappa shape index (κ3) is 1.54. The highest BCUT2D eigenvalue weighted by Gasteiger charge is 1.97. The van der Waals surface area contributed by atoms with Gasteiger partial charge in [-0.25, -0.2) is 0 Å². The van der Waals surface area contributed by atoms with Crippen molar-refractivity contribution in [1.29, 1.82) is 0 Å². The quantitative estimate of drug-likeness (QED) is 0.713. The Morgan fingerprint density at radius 2 is 1.86 bits per heavy atom. The van der Waals surface area contributed by atoms with E-state index in [-0.39, 0.29) is 11.0 Å². The third-order valence-electron chi connectivity index (χ3n) is 1.89. The van der Waals surface area contributed by atoms with Crippen molar-refractivity contribution in [3.05, 3.63) is 55.9 Å². The molecule has 0 aliphatic rings. The highest BCUT2D eigenvalue weighted by atomic mass is 35.5. The van der Waals surface area contributed by atoms with Crippen LogP contribution in [-0.2, 0) is 0 Å². The second kappa shape index (κ2) is 3.27. The maximum absolute atomic E-state index is 11.5. The van der Waals surface area contributed by atoms with Crippen molar-refractivity contribution in [2.24, 2.45) is 0 Å². The second-order valence-electron chi connectivity index (χ2n) is 2.88. The van der Waals surface area contributed by atoms with Gasteiger partial charge in [-0.3, -0.25) is 9.59 Å². The summed E-state index contributed by atoms with van der Waals surface area (Å²) in [4.78, 5) is 25.1. The van der Waals surface area contributed by atoms with Gasteiger partial charge in [0.2, 0.25) is 5.56 Å². The Kier molecular flexibility index (Phi) is 2.09. The van der Waals surface area contributed by atoms with E-state index in [2.05, 4.69) is 4.98 Å². The van der Waals surface area contributed by atoms with Crippen molar-refractivity contribution >= 4 is 22.5 Å². The number of hydrogen-bond donors (Lipinski definition) is 1. The summed E-state index contributed by atoms with van der Waals surface area (Å²) in [6.07, 6.45) is 0. The molecule has 2 aromatic rings. The molecule has 1 aromatic heterocycles. The third-order valence-corrected chi connectivity index (χ3v) is 2.13. The Morgan fingerprint density at radius 3 is 2.64 bits per heavy atom. The average molecular weight is 208 g/mol. The fourth-order valence-corrected chi connectivity index (χ4v) is 1.42. The van der Waals surface area contributed by atoms with Crippen LogP contribution >= 0.6 is 11.6 Å². The molecule has 1 heterocycles. The Morgan fingerprint density at radius 1 is 1.07 bits per heavy atom. The SMILES string of the molecule is O=c1ccc(=O)c2cc(Cl)ccc2[nH]1. The van der Waals surface area contributed by atoms with E-state index >= 15 is 0 Å². The molecule has 14 heavy (non-hydrogen) atoms. The van der Waals surface area contributed by atoms with Gasteiger partial charge in [0, 0.05) is 16.5 Å². The van der Waals surface area contributed by atoms with Gasteiger partial charge in [0.25, 0.3) is 0 Å². The van der Waals surface area contributed by atoms with Crippen LogP contribution in [0.5, 0.6) is 0 Å². The van der Waals surface area contributed by atoms with Gasteiger partial charge >= 0.3 is 0 Å². The zero-order chi connectivity index (χ0) is 10.1. The highest BCUT2D eigenvalue weighted by molar-refractivity contribution is 6.31. The molecule has 0 saturated heterocycles. The molecule has 3 nitrogen and oxygen atoms in total. The monoisotopic (exact) mass is 207 g/mol. The van der Waals surface area contributed by atoms with E-state index in [1.807, 2.05) is 0 Å². The first-order chi connectivity index (χ1) is 6.66. The molecule has 0 bridgehead atoms. The molecule has 0 amide bonds. The number of halogens is 1. The molecule has 0 saturated carbocycles. The standard InChI is InChI=1S/C10H6ClNO2/c11-6-1-2-8-7(5-6)9(13)3-4-10(14)12-8/h1-5H,(H,12,14). The van der Waals surface area contributed by atoms with Crippen molar-refractivity contribution in [1.82, 2.24) is 4.98 Å². The number of nitrogens with one attached hydrogen (secondary N) is 1. The minimum Gasteiger partial charge on any atom is -0.322 e. The van der Waals surface area contributed by atoms with Gasteiger partial charge in [0.15, 0.2) is 5.43 Å². The van der Waals surface area contributed by atoms with Crippen molar-refractivity contribution in [3.8, 4) is 0 Å². The molecule has 0 fully saturated rings. The summed E-state index contributed by atoms with van der Waals surface area (Å²) in [5, 5.41) is 0.890. The van der Waals surface area contributed by atoms with Crippen molar-refractivity contribution < 1.29 is 0 Å². The Bertz CT molecular complexity index is 604. The molecule has 70 valence electrons. The summed E-state index contributed by atoms with van der Waals surface area (Å²) in [5.74, 6) is 0. The topological polar surface area (TPSA) is 49.9 Å². The molecular weight excluding hydrogens is 202 g/mol. The van der Waals surface area contributed by atoms with E-state index < -0.39 is 0 Å². The van der Waals surface area contributed by atoms with E-state index in [1.165, 1.54) is 18.2 Å². The van der Waals surface area contributed by atoms with Crippen molar-refractivity contribution in [2.45, 2.75) is 0 Å². The normalized spacial score (nSPS) is 10.4. The zero-order valence-corrected chi connectivity index (χ0v) is 7.84. The summed E-state index contributed by atoms with van der Waals surface area (Å²) >= 11 is 5.74. The van der Waals surface area contributed by atoms with Crippen LogP contribution in [0, 0.1) is 0 Å². The van der Waals surface area contributed by atoms with Crippen LogP contribution in [0.25, 0.3) is 10.9 Å². The lowest BCUT2D eigenvalue weighted by molar-refractivity contribution is 1.33. The van der Waals surface area contributed by atoms with Gasteiger partial charge in [0.1, 0.15) is 0 Å². The Hall–Kier alpha value is -1.61. The van der Waals surface area contributed by atoms with E-state index in [4.69, 9.17) is 11.6 Å². The zero-order valence-electron chi connectivity index (χ0n) is 7.08. The van der Waals surface area contributed by atoms with E-state index in [0.717, 1.165) is 0 Å². The largest absolute Gasteiger partial charge is 0.322 e. The number of fused-ring (bicyclic) bond motifs is 1. The van der Waals surface area contributed by atoms with Crippen LogP contribution in [0.3, 0.4) is 0 Å². The van der Waals surface area contributed by atoms with E-state index in [9.17, 15) is 9.59 Å². The Labute approximate surface area is 84.0 Å². The van der Waals surface area contributed by atoms with Crippen LogP contribution in [0.2, 0.25) is 5.02 Å². The molecule has 1 aromatic carbocycles. The van der Waals surface area contributed by atoms with Gasteiger partial charge < -0.3 is 4.98 Å². The molecule has 0 aliphatic heterocycles. The number of H-pyrrole nitrogens is 1. The van der Waals surface area contributed by atoms with E-state index in [0.29, 0.717) is 15.9 Å². The molecule has 0 unspecified atom stereocenters. The van der Waals surface area contributed by atoms with Gasteiger partial charge in [-0.15, -0.1) is 0 Å². The predicted octanol–water partition coefficient (Wildman–Crippen LogP) is 1.54. The van der Waals surface area contributed by atoms with Gasteiger partial charge in [0.05, 0.1) is 5.52 Å². The van der Waals surface area contributed by atoms with Crippen LogP contribution < -0.4 is 11.0 Å². The lowest BCUT2D eigenvalue weighted by atomic mass is 10.2. The van der Waals surface area contributed by atoms with Crippen LogP contribution in [0.4, 0.5) is 0 Å². The van der Waals surface area contributed by atoms with Gasteiger partial charge in [-0.1, -0.05) is 11.6 Å². The van der Waals surface area contributed by atoms with Crippen LogP contribution in [-0.4, -0.2) is 4.98 Å². The molecule has 1 N–H and O–H groups in total. The summed E-state index contributed by atoms with van der Waals surface area (Å²) in [6, 6.07) is 7.21. The first-order valence-electron chi connectivity index (χ1n) is 4.00. The molecule has 0 atom stereocenters. The molecule has 2 rings (SSSR count). The number of aromatic nitrogens is 1. The molecular formula is C10H6ClNO2. The number of aromatic amines is 1. The molecule has 0 spiro atoms. The minimum absolute atomic E-state index is 0.221. The van der Waals surface area contributed by atoms with Crippen LogP contribution in [0.15, 0.2) is 39.9 Å². The Balaban J connectivity index is 3.08. The molecule has 0 radical (unpaired) electrons. The molecule has 4 heteroatoms. The number of hydrogen-bond acceptors (Lipinski definition) is 2. The van der Waals surface area contributed by atoms with Crippen LogP contribution in [0.1, 0.15) is 0 Å². The highest BCUT2D eigenvalue weighted by Crippen LogP contribution is 2.12. The fraction of sp³-hybridized carbons (Fsp3) is 0. The number of rotatable bonds is 0. The van der Waals surface area contributed by atoms with Gasteiger partial charge in [-0.2, -0.15) is 0 Å². The smallest absolute Gasteiger partial charge is 0.248 e. The summed E-state index contributed by atoms with van der Waals surface area (Å²) in [6.45, 7) is 0. The van der Waals surface area contributed by atoms with E-state index in [1.54, 1.807) is 12.1 Å². The summed E-state index contributed by atoms with van der Waals surface area (Å²) < 4.78 is 0. The average Bonchev–Trinajstić information content (AvgIpc) is 2.29. The maximum atomic E-state index is 11.5. The fourth-order valence-electron chi connectivity index (χ4n) is 1.24. The predicted molar refractivity (Wildman–Crippen MR) is 55.8 cm³/mol. The summed E-state index contributed by atoms with van der Waals surface area (Å²) in [5.41, 5.74) is -0.0327.